The van der Waals surface area contributed by atoms with Gasteiger partial charge in [0, 0.05) is 12.0 Å². The maximum absolute atomic E-state index is 13.7. The van der Waals surface area contributed by atoms with Crippen molar-refractivity contribution in [3.8, 4) is 23.0 Å². The quantitative estimate of drug-likeness (QED) is 0.454. The van der Waals surface area contributed by atoms with Crippen LogP contribution in [0.1, 0.15) is 29.2 Å². The van der Waals surface area contributed by atoms with Crippen LogP contribution in [0.5, 0.6) is 23.0 Å². The first-order chi connectivity index (χ1) is 16.8. The Bertz CT molecular complexity index is 1350. The molecular weight excluding hydrogens is 468 g/mol. The summed E-state index contributed by atoms with van der Waals surface area (Å²) in [6, 6.07) is 17.0. The molecule has 0 aromatic heterocycles. The Morgan fingerprint density at radius 3 is 1.94 bits per heavy atom. The second-order valence-corrected chi connectivity index (χ2v) is 9.84. The monoisotopic (exact) mass is 496 g/mol. The number of rotatable bonds is 8. The Labute approximate surface area is 205 Å². The van der Waals surface area contributed by atoms with E-state index in [1.807, 2.05) is 19.1 Å². The summed E-state index contributed by atoms with van der Waals surface area (Å²) in [5.74, 6) is 2.19. The molecule has 9 heteroatoms. The Balaban J connectivity index is 1.82. The van der Waals surface area contributed by atoms with Gasteiger partial charge in [0.25, 0.3) is 10.0 Å². The van der Waals surface area contributed by atoms with Gasteiger partial charge in [-0.15, -0.1) is 0 Å². The van der Waals surface area contributed by atoms with Crippen molar-refractivity contribution in [1.29, 1.82) is 0 Å². The van der Waals surface area contributed by atoms with Crippen LogP contribution in [-0.2, 0) is 10.0 Å². The molecule has 0 amide bonds. The molecule has 0 N–H and O–H groups in total. The average Bonchev–Trinajstić information content (AvgIpc) is 3.34. The van der Waals surface area contributed by atoms with E-state index in [0.29, 0.717) is 35.1 Å². The maximum Gasteiger partial charge on any atom is 0.279 e. The summed E-state index contributed by atoms with van der Waals surface area (Å²) in [5, 5.41) is 4.61. The molecule has 0 fully saturated rings. The zero-order valence-electron chi connectivity index (χ0n) is 20.3. The molecule has 8 nitrogen and oxygen atoms in total. The lowest BCUT2D eigenvalue weighted by atomic mass is 9.98. The van der Waals surface area contributed by atoms with Gasteiger partial charge < -0.3 is 18.9 Å². The standard InChI is InChI=1S/C26H28N2O6S/c1-17-6-10-20(11-7-17)35(29,30)28-22(19-9-13-24(32-3)26(15-19)34-5)16-21(27-28)18-8-12-23(31-2)25(14-18)33-4/h6-15,22H,16H2,1-5H3/t22-/m0/s1. The largest absolute Gasteiger partial charge is 0.493 e. The molecule has 0 saturated carbocycles. The van der Waals surface area contributed by atoms with Crippen LogP contribution in [0.4, 0.5) is 0 Å². The second kappa shape index (κ2) is 9.87. The van der Waals surface area contributed by atoms with Crippen LogP contribution < -0.4 is 18.9 Å². The molecule has 1 aliphatic heterocycles. The number of hydrogen-bond acceptors (Lipinski definition) is 7. The van der Waals surface area contributed by atoms with Crippen LogP contribution in [-0.4, -0.2) is 47.0 Å². The molecule has 0 spiro atoms. The zero-order valence-corrected chi connectivity index (χ0v) is 21.1. The minimum absolute atomic E-state index is 0.172. The summed E-state index contributed by atoms with van der Waals surface area (Å²) >= 11 is 0. The lowest BCUT2D eigenvalue weighted by molar-refractivity contribution is 0.348. The van der Waals surface area contributed by atoms with E-state index in [2.05, 4.69) is 5.10 Å². The molecule has 0 radical (unpaired) electrons. The van der Waals surface area contributed by atoms with Crippen molar-refractivity contribution >= 4 is 15.7 Å². The molecule has 35 heavy (non-hydrogen) atoms. The van der Waals surface area contributed by atoms with Gasteiger partial charge in [0.2, 0.25) is 0 Å². The Hall–Kier alpha value is -3.72. The highest BCUT2D eigenvalue weighted by atomic mass is 32.2. The van der Waals surface area contributed by atoms with Gasteiger partial charge in [-0.25, -0.2) is 0 Å². The van der Waals surface area contributed by atoms with Crippen LogP contribution in [0.25, 0.3) is 0 Å². The maximum atomic E-state index is 13.7. The highest BCUT2D eigenvalue weighted by Crippen LogP contribution is 2.41. The summed E-state index contributed by atoms with van der Waals surface area (Å²) < 4.78 is 50.2. The molecule has 3 aromatic rings. The van der Waals surface area contributed by atoms with Gasteiger partial charge in [0.05, 0.1) is 45.1 Å². The fraction of sp³-hybridized carbons (Fsp3) is 0.269. The predicted molar refractivity (Wildman–Crippen MR) is 133 cm³/mol. The number of benzene rings is 3. The fourth-order valence-corrected chi connectivity index (χ4v) is 5.46. The molecule has 0 bridgehead atoms. The molecule has 3 aromatic carbocycles. The van der Waals surface area contributed by atoms with E-state index in [0.717, 1.165) is 16.7 Å². The molecule has 1 atom stereocenters. The van der Waals surface area contributed by atoms with E-state index in [-0.39, 0.29) is 4.90 Å². The van der Waals surface area contributed by atoms with Crippen molar-refractivity contribution in [2.75, 3.05) is 28.4 Å². The Kier molecular flexibility index (Phi) is 6.88. The molecule has 1 aliphatic rings. The first-order valence-electron chi connectivity index (χ1n) is 10.9. The summed E-state index contributed by atoms with van der Waals surface area (Å²) in [5.41, 5.74) is 3.06. The SMILES string of the molecule is COc1ccc(C2=NN(S(=O)(=O)c3ccc(C)cc3)[C@H](c3ccc(OC)c(OC)c3)C2)cc1OC. The van der Waals surface area contributed by atoms with Gasteiger partial charge in [-0.1, -0.05) is 23.8 Å². The van der Waals surface area contributed by atoms with Gasteiger partial charge in [0.1, 0.15) is 0 Å². The van der Waals surface area contributed by atoms with Crippen LogP contribution in [0.2, 0.25) is 0 Å². The summed E-state index contributed by atoms with van der Waals surface area (Å²) in [6.07, 6.45) is 0.357. The number of nitrogens with zero attached hydrogens (tertiary/aromatic N) is 2. The van der Waals surface area contributed by atoms with Crippen molar-refractivity contribution < 1.29 is 27.4 Å². The number of hydrogen-bond donors (Lipinski definition) is 0. The van der Waals surface area contributed by atoms with Crippen molar-refractivity contribution in [2.24, 2.45) is 5.10 Å². The Morgan fingerprint density at radius 1 is 0.771 bits per heavy atom. The molecule has 1 heterocycles. The van der Waals surface area contributed by atoms with Gasteiger partial charge in [-0.3, -0.25) is 0 Å². The highest BCUT2D eigenvalue weighted by Gasteiger charge is 2.38. The third-order valence-corrected chi connectivity index (χ3v) is 7.64. The predicted octanol–water partition coefficient (Wildman–Crippen LogP) is 4.57. The number of sulfonamides is 1. The summed E-state index contributed by atoms with van der Waals surface area (Å²) in [7, 11) is 2.28. The zero-order chi connectivity index (χ0) is 25.2. The van der Waals surface area contributed by atoms with Crippen LogP contribution in [0.15, 0.2) is 70.7 Å². The van der Waals surface area contributed by atoms with Crippen molar-refractivity contribution in [1.82, 2.24) is 4.41 Å². The van der Waals surface area contributed by atoms with Crippen LogP contribution in [0, 0.1) is 6.92 Å². The minimum Gasteiger partial charge on any atom is -0.493 e. The van der Waals surface area contributed by atoms with Crippen molar-refractivity contribution in [3.05, 3.63) is 77.4 Å². The van der Waals surface area contributed by atoms with E-state index in [4.69, 9.17) is 18.9 Å². The number of ether oxygens (including phenoxy) is 4. The van der Waals surface area contributed by atoms with Crippen molar-refractivity contribution in [3.63, 3.8) is 0 Å². The minimum atomic E-state index is -3.94. The molecule has 0 unspecified atom stereocenters. The smallest absolute Gasteiger partial charge is 0.279 e. The summed E-state index contributed by atoms with van der Waals surface area (Å²) in [6.45, 7) is 1.91. The highest BCUT2D eigenvalue weighted by molar-refractivity contribution is 7.89. The number of aryl methyl sites for hydroxylation is 1. The molecule has 0 saturated heterocycles. The van der Waals surface area contributed by atoms with E-state index < -0.39 is 16.1 Å². The second-order valence-electron chi connectivity index (χ2n) is 8.04. The van der Waals surface area contributed by atoms with Gasteiger partial charge in [-0.05, 0) is 55.0 Å². The van der Waals surface area contributed by atoms with Gasteiger partial charge in [-0.2, -0.15) is 17.9 Å². The first-order valence-corrected chi connectivity index (χ1v) is 12.4. The van der Waals surface area contributed by atoms with E-state index in [1.54, 1.807) is 77.0 Å². The van der Waals surface area contributed by atoms with Gasteiger partial charge in [0.15, 0.2) is 23.0 Å². The molecule has 184 valence electrons. The first kappa shape index (κ1) is 24.4. The molecule has 4 rings (SSSR count). The average molecular weight is 497 g/mol. The Morgan fingerprint density at radius 2 is 1.34 bits per heavy atom. The van der Waals surface area contributed by atoms with Crippen molar-refractivity contribution in [2.45, 2.75) is 24.3 Å². The third kappa shape index (κ3) is 4.64. The van der Waals surface area contributed by atoms with E-state index in [1.165, 1.54) is 4.41 Å². The van der Waals surface area contributed by atoms with Gasteiger partial charge >= 0.3 is 0 Å². The van der Waals surface area contributed by atoms with Crippen LogP contribution in [0.3, 0.4) is 0 Å². The van der Waals surface area contributed by atoms with Crippen LogP contribution >= 0.6 is 0 Å². The summed E-state index contributed by atoms with van der Waals surface area (Å²) in [4.78, 5) is 0.172. The lowest BCUT2D eigenvalue weighted by Crippen LogP contribution is -2.27. The van der Waals surface area contributed by atoms with E-state index in [9.17, 15) is 8.42 Å². The molecular formula is C26H28N2O6S. The van der Waals surface area contributed by atoms with E-state index >= 15 is 0 Å². The lowest BCUT2D eigenvalue weighted by Gasteiger charge is -2.24. The number of methoxy groups -OCH3 is 4. The normalized spacial score (nSPS) is 15.5. The topological polar surface area (TPSA) is 86.7 Å². The fourth-order valence-electron chi connectivity index (χ4n) is 4.03. The third-order valence-electron chi connectivity index (χ3n) is 5.95. The number of hydrazone groups is 1. The molecule has 0 aliphatic carbocycles.